The number of alkyl halides is 3. The minimum Gasteiger partial charge on any atom is -0.206 e. The Balaban J connectivity index is 3.42. The van der Waals surface area contributed by atoms with Crippen molar-refractivity contribution in [3.8, 4) is 12.1 Å². The maximum atomic E-state index is 13.1. The average molecular weight is 228 g/mol. The molecule has 0 radical (unpaired) electrons. The second-order valence-corrected chi connectivity index (χ2v) is 2.94. The molecule has 0 fully saturated rings. The molecule has 0 aliphatic carbocycles. The molecule has 0 aliphatic rings. The van der Waals surface area contributed by atoms with Gasteiger partial charge in [0.15, 0.2) is 0 Å². The lowest BCUT2D eigenvalue weighted by Crippen LogP contribution is -2.08. The highest BCUT2D eigenvalue weighted by molar-refractivity contribution is 5.43. The number of hydrogen-bond acceptors (Lipinski definition) is 2. The van der Waals surface area contributed by atoms with Crippen LogP contribution in [0.5, 0.6) is 0 Å². The van der Waals surface area contributed by atoms with Crippen molar-refractivity contribution in [2.24, 2.45) is 0 Å². The molecule has 0 aromatic heterocycles. The van der Waals surface area contributed by atoms with E-state index in [2.05, 4.69) is 0 Å². The Morgan fingerprint density at radius 3 is 2.25 bits per heavy atom. The predicted molar refractivity (Wildman–Crippen MR) is 45.4 cm³/mol. The van der Waals surface area contributed by atoms with Crippen molar-refractivity contribution in [3.05, 3.63) is 34.6 Å². The largest absolute Gasteiger partial charge is 0.416 e. The zero-order valence-corrected chi connectivity index (χ0v) is 7.77. The van der Waals surface area contributed by atoms with Gasteiger partial charge < -0.3 is 0 Å². The summed E-state index contributed by atoms with van der Waals surface area (Å²) in [4.78, 5) is 0. The van der Waals surface area contributed by atoms with Gasteiger partial charge in [-0.25, -0.2) is 4.39 Å². The second kappa shape index (κ2) is 4.19. The molecule has 0 unspecified atom stereocenters. The third-order valence-electron chi connectivity index (χ3n) is 1.88. The molecule has 2 nitrogen and oxygen atoms in total. The summed E-state index contributed by atoms with van der Waals surface area (Å²) in [6, 6.07) is 3.88. The van der Waals surface area contributed by atoms with E-state index in [1.807, 2.05) is 0 Å². The van der Waals surface area contributed by atoms with Crippen molar-refractivity contribution in [1.82, 2.24) is 0 Å². The van der Waals surface area contributed by atoms with Gasteiger partial charge in [-0.15, -0.1) is 0 Å². The third kappa shape index (κ3) is 2.29. The first kappa shape index (κ1) is 12.0. The van der Waals surface area contributed by atoms with E-state index < -0.39 is 29.5 Å². The summed E-state index contributed by atoms with van der Waals surface area (Å²) in [5, 5.41) is 16.9. The van der Waals surface area contributed by atoms with Gasteiger partial charge in [-0.3, -0.25) is 0 Å². The van der Waals surface area contributed by atoms with Crippen LogP contribution in [0.4, 0.5) is 17.6 Å². The quantitative estimate of drug-likeness (QED) is 0.694. The molecule has 0 amide bonds. The molecule has 1 rings (SSSR count). The smallest absolute Gasteiger partial charge is 0.206 e. The Morgan fingerprint density at radius 2 is 1.81 bits per heavy atom. The molecule has 1 aromatic carbocycles. The summed E-state index contributed by atoms with van der Waals surface area (Å²) in [7, 11) is 0. The topological polar surface area (TPSA) is 47.6 Å². The van der Waals surface area contributed by atoms with Crippen LogP contribution in [0, 0.1) is 28.5 Å². The summed E-state index contributed by atoms with van der Waals surface area (Å²) in [6.07, 6.45) is -5.14. The fourth-order valence-corrected chi connectivity index (χ4v) is 1.18. The highest BCUT2D eigenvalue weighted by Gasteiger charge is 2.32. The van der Waals surface area contributed by atoms with Crippen LogP contribution in [0.3, 0.4) is 0 Å². The number of benzene rings is 1. The van der Waals surface area contributed by atoms with E-state index in [4.69, 9.17) is 10.5 Å². The molecule has 16 heavy (non-hydrogen) atoms. The van der Waals surface area contributed by atoms with Crippen molar-refractivity contribution in [3.63, 3.8) is 0 Å². The van der Waals surface area contributed by atoms with Crippen molar-refractivity contribution in [2.45, 2.75) is 12.6 Å². The van der Waals surface area contributed by atoms with E-state index in [1.54, 1.807) is 6.07 Å². The maximum Gasteiger partial charge on any atom is 0.416 e. The molecule has 0 aliphatic heterocycles. The molecule has 0 atom stereocenters. The van der Waals surface area contributed by atoms with Crippen LogP contribution < -0.4 is 0 Å². The Morgan fingerprint density at radius 1 is 1.19 bits per heavy atom. The van der Waals surface area contributed by atoms with Gasteiger partial charge in [-0.1, -0.05) is 0 Å². The van der Waals surface area contributed by atoms with Gasteiger partial charge in [0.1, 0.15) is 11.9 Å². The molecule has 0 bridgehead atoms. The van der Waals surface area contributed by atoms with Gasteiger partial charge >= 0.3 is 6.18 Å². The maximum absolute atomic E-state index is 13.1. The molecule has 0 spiro atoms. The molecule has 0 saturated carbocycles. The lowest BCUT2D eigenvalue weighted by atomic mass is 10.0. The van der Waals surface area contributed by atoms with E-state index in [9.17, 15) is 17.6 Å². The lowest BCUT2D eigenvalue weighted by molar-refractivity contribution is -0.137. The third-order valence-corrected chi connectivity index (χ3v) is 1.88. The Labute approximate surface area is 88.3 Å². The first-order chi connectivity index (χ1) is 7.40. The summed E-state index contributed by atoms with van der Waals surface area (Å²) >= 11 is 0. The van der Waals surface area contributed by atoms with Gasteiger partial charge in [0.05, 0.1) is 23.6 Å². The number of hydrogen-bond donors (Lipinski definition) is 0. The van der Waals surface area contributed by atoms with E-state index in [0.717, 1.165) is 0 Å². The normalized spacial score (nSPS) is 10.6. The van der Waals surface area contributed by atoms with Crippen LogP contribution in [-0.2, 0) is 12.6 Å². The van der Waals surface area contributed by atoms with Crippen LogP contribution in [0.15, 0.2) is 12.1 Å². The van der Waals surface area contributed by atoms with Gasteiger partial charge in [-0.2, -0.15) is 23.7 Å². The van der Waals surface area contributed by atoms with Gasteiger partial charge in [0.25, 0.3) is 0 Å². The van der Waals surface area contributed by atoms with Crippen molar-refractivity contribution >= 4 is 0 Å². The predicted octanol–water partition coefficient (Wildman–Crippen LogP) is 2.78. The molecule has 0 heterocycles. The van der Waals surface area contributed by atoms with E-state index in [-0.39, 0.29) is 11.6 Å². The molecule has 82 valence electrons. The lowest BCUT2D eigenvalue weighted by Gasteiger charge is -2.09. The van der Waals surface area contributed by atoms with Crippen LogP contribution in [0.2, 0.25) is 0 Å². The fraction of sp³-hybridized carbons (Fsp3) is 0.200. The zero-order chi connectivity index (χ0) is 12.3. The highest BCUT2D eigenvalue weighted by atomic mass is 19.4. The van der Waals surface area contributed by atoms with Crippen molar-refractivity contribution in [2.75, 3.05) is 0 Å². The van der Waals surface area contributed by atoms with Gasteiger partial charge in [0.2, 0.25) is 0 Å². The fourth-order valence-electron chi connectivity index (χ4n) is 1.18. The number of nitriles is 2. The van der Waals surface area contributed by atoms with E-state index >= 15 is 0 Å². The molecule has 1 aromatic rings. The summed E-state index contributed by atoms with van der Waals surface area (Å²) < 4.78 is 50.0. The monoisotopic (exact) mass is 228 g/mol. The first-order valence-electron chi connectivity index (χ1n) is 4.06. The van der Waals surface area contributed by atoms with Crippen LogP contribution in [0.25, 0.3) is 0 Å². The van der Waals surface area contributed by atoms with Gasteiger partial charge in [-0.05, 0) is 17.7 Å². The van der Waals surface area contributed by atoms with Crippen molar-refractivity contribution in [1.29, 1.82) is 10.5 Å². The average Bonchev–Trinajstić information content (AvgIpc) is 2.16. The minimum absolute atomic E-state index is 0.249. The Kier molecular flexibility index (Phi) is 3.14. The van der Waals surface area contributed by atoms with E-state index in [0.29, 0.717) is 6.07 Å². The number of rotatable bonds is 1. The van der Waals surface area contributed by atoms with Crippen molar-refractivity contribution < 1.29 is 17.6 Å². The Bertz CT molecular complexity index is 491. The van der Waals surface area contributed by atoms with Crippen LogP contribution >= 0.6 is 0 Å². The first-order valence-corrected chi connectivity index (χ1v) is 4.06. The van der Waals surface area contributed by atoms with Crippen LogP contribution in [-0.4, -0.2) is 0 Å². The van der Waals surface area contributed by atoms with Gasteiger partial charge in [0, 0.05) is 0 Å². The van der Waals surface area contributed by atoms with E-state index in [1.165, 1.54) is 6.07 Å². The van der Waals surface area contributed by atoms with Crippen LogP contribution in [0.1, 0.15) is 16.7 Å². The zero-order valence-electron chi connectivity index (χ0n) is 7.77. The molecular formula is C10H4F4N2. The highest BCUT2D eigenvalue weighted by Crippen LogP contribution is 2.31. The summed E-state index contributed by atoms with van der Waals surface area (Å²) in [5.74, 6) is -1.26. The minimum atomic E-state index is -4.70. The summed E-state index contributed by atoms with van der Waals surface area (Å²) in [5.41, 5.74) is -1.97. The molecule has 0 saturated heterocycles. The Hall–Kier alpha value is -2.08. The standard InChI is InChI=1S/C10H4F4N2/c11-9-4-7(10(12,13)14)3-6(1-2-15)8(9)5-16/h3-4H,1H2. The molecular weight excluding hydrogens is 224 g/mol. The SMILES string of the molecule is N#CCc1cc(C(F)(F)F)cc(F)c1C#N. The number of halogens is 4. The summed E-state index contributed by atoms with van der Waals surface area (Å²) in [6.45, 7) is 0. The number of nitrogens with zero attached hydrogens (tertiary/aromatic N) is 2. The second-order valence-electron chi connectivity index (χ2n) is 2.94. The molecule has 0 N–H and O–H groups in total. The molecule has 6 heteroatoms.